The molecule has 0 atom stereocenters. The van der Waals surface area contributed by atoms with Crippen LogP contribution in [0.3, 0.4) is 0 Å². The average molecular weight is 249 g/mol. The van der Waals surface area contributed by atoms with Crippen molar-refractivity contribution in [2.24, 2.45) is 0 Å². The van der Waals surface area contributed by atoms with Crippen LogP contribution in [0.4, 0.5) is 0 Å². The van der Waals surface area contributed by atoms with Gasteiger partial charge in [-0.05, 0) is 30.0 Å². The van der Waals surface area contributed by atoms with Crippen LogP contribution in [0, 0.1) is 6.92 Å². The molecular formula is C17H15NO. The summed E-state index contributed by atoms with van der Waals surface area (Å²) in [7, 11) is 0. The van der Waals surface area contributed by atoms with Gasteiger partial charge in [-0.1, -0.05) is 36.4 Å². The summed E-state index contributed by atoms with van der Waals surface area (Å²) in [6.07, 6.45) is 3.69. The number of rotatable bonds is 3. The molecule has 0 spiro atoms. The lowest BCUT2D eigenvalue weighted by Gasteiger charge is -2.09. The predicted octanol–water partition coefficient (Wildman–Crippen LogP) is 4.12. The van der Waals surface area contributed by atoms with Crippen molar-refractivity contribution in [2.75, 3.05) is 0 Å². The van der Waals surface area contributed by atoms with Gasteiger partial charge in [0, 0.05) is 23.3 Å². The van der Waals surface area contributed by atoms with Crippen LogP contribution < -0.4 is 4.74 Å². The Labute approximate surface area is 112 Å². The second-order valence-corrected chi connectivity index (χ2v) is 4.64. The van der Waals surface area contributed by atoms with Crippen LogP contribution in [-0.4, -0.2) is 4.98 Å². The van der Waals surface area contributed by atoms with E-state index in [0.717, 1.165) is 22.3 Å². The number of hydrogen-bond donors (Lipinski definition) is 0. The highest BCUT2D eigenvalue weighted by molar-refractivity contribution is 5.88. The van der Waals surface area contributed by atoms with Gasteiger partial charge in [-0.15, -0.1) is 0 Å². The van der Waals surface area contributed by atoms with Gasteiger partial charge in [-0.25, -0.2) is 0 Å². The fraction of sp³-hybridized carbons (Fsp3) is 0.118. The van der Waals surface area contributed by atoms with Gasteiger partial charge in [0.25, 0.3) is 0 Å². The summed E-state index contributed by atoms with van der Waals surface area (Å²) < 4.78 is 5.92. The molecule has 0 fully saturated rings. The van der Waals surface area contributed by atoms with Gasteiger partial charge in [-0.3, -0.25) is 4.98 Å². The molecule has 1 aromatic heterocycles. The summed E-state index contributed by atoms with van der Waals surface area (Å²) in [5.41, 5.74) is 2.24. The zero-order chi connectivity index (χ0) is 13.1. The fourth-order valence-electron chi connectivity index (χ4n) is 2.18. The highest BCUT2D eigenvalue weighted by Crippen LogP contribution is 2.25. The quantitative estimate of drug-likeness (QED) is 0.696. The molecule has 2 nitrogen and oxygen atoms in total. The Bertz CT molecular complexity index is 701. The zero-order valence-electron chi connectivity index (χ0n) is 10.8. The third-order valence-corrected chi connectivity index (χ3v) is 3.08. The second-order valence-electron chi connectivity index (χ2n) is 4.64. The Morgan fingerprint density at radius 2 is 1.84 bits per heavy atom. The monoisotopic (exact) mass is 249 g/mol. The Morgan fingerprint density at radius 3 is 2.74 bits per heavy atom. The van der Waals surface area contributed by atoms with E-state index in [2.05, 4.69) is 29.2 Å². The Hall–Kier alpha value is -2.35. The number of ether oxygens (including phenoxy) is 1. The number of hydrogen-bond acceptors (Lipinski definition) is 2. The molecule has 2 heteroatoms. The topological polar surface area (TPSA) is 22.1 Å². The van der Waals surface area contributed by atoms with Crippen molar-refractivity contribution in [2.45, 2.75) is 13.5 Å². The third-order valence-electron chi connectivity index (χ3n) is 3.08. The minimum Gasteiger partial charge on any atom is -0.488 e. The van der Waals surface area contributed by atoms with Gasteiger partial charge in [-0.2, -0.15) is 0 Å². The molecule has 0 saturated heterocycles. The van der Waals surface area contributed by atoms with Crippen molar-refractivity contribution in [3.8, 4) is 5.75 Å². The number of benzene rings is 2. The minimum absolute atomic E-state index is 0.544. The predicted molar refractivity (Wildman–Crippen MR) is 77.3 cm³/mol. The van der Waals surface area contributed by atoms with Crippen LogP contribution in [0.15, 0.2) is 60.9 Å². The number of fused-ring (bicyclic) bond motifs is 1. The van der Waals surface area contributed by atoms with E-state index in [1.807, 2.05) is 43.6 Å². The molecule has 0 unspecified atom stereocenters. The van der Waals surface area contributed by atoms with E-state index in [1.165, 1.54) is 5.39 Å². The molecule has 0 radical (unpaired) electrons. The Morgan fingerprint density at radius 1 is 1.00 bits per heavy atom. The average Bonchev–Trinajstić information content (AvgIpc) is 2.45. The molecular weight excluding hydrogens is 234 g/mol. The van der Waals surface area contributed by atoms with E-state index in [9.17, 15) is 0 Å². The van der Waals surface area contributed by atoms with Gasteiger partial charge in [0.1, 0.15) is 12.4 Å². The van der Waals surface area contributed by atoms with Crippen molar-refractivity contribution in [3.63, 3.8) is 0 Å². The first-order valence-corrected chi connectivity index (χ1v) is 6.34. The smallest absolute Gasteiger partial charge is 0.127 e. The minimum atomic E-state index is 0.544. The largest absolute Gasteiger partial charge is 0.488 e. The van der Waals surface area contributed by atoms with E-state index in [4.69, 9.17) is 4.74 Å². The number of pyridine rings is 1. The molecule has 0 aliphatic heterocycles. The SMILES string of the molecule is Cc1cncc(COc2cccc3ccccc23)c1. The maximum Gasteiger partial charge on any atom is 0.127 e. The molecule has 0 aliphatic carbocycles. The molecule has 2 aromatic carbocycles. The zero-order valence-corrected chi connectivity index (χ0v) is 10.8. The summed E-state index contributed by atoms with van der Waals surface area (Å²) >= 11 is 0. The van der Waals surface area contributed by atoms with E-state index in [0.29, 0.717) is 6.61 Å². The Kier molecular flexibility index (Phi) is 3.15. The number of aryl methyl sites for hydroxylation is 1. The van der Waals surface area contributed by atoms with E-state index in [1.54, 1.807) is 0 Å². The standard InChI is InChI=1S/C17H15NO/c1-13-9-14(11-18-10-13)12-19-17-8-4-6-15-5-2-3-7-16(15)17/h2-11H,12H2,1H3. The molecule has 0 N–H and O–H groups in total. The Balaban J connectivity index is 1.86. The molecule has 19 heavy (non-hydrogen) atoms. The number of nitrogens with zero attached hydrogens (tertiary/aromatic N) is 1. The maximum absolute atomic E-state index is 5.92. The lowest BCUT2D eigenvalue weighted by molar-refractivity contribution is 0.309. The van der Waals surface area contributed by atoms with Crippen LogP contribution >= 0.6 is 0 Å². The van der Waals surface area contributed by atoms with E-state index in [-0.39, 0.29) is 0 Å². The van der Waals surface area contributed by atoms with E-state index < -0.39 is 0 Å². The second kappa shape index (κ2) is 5.11. The molecule has 1 heterocycles. The highest BCUT2D eigenvalue weighted by atomic mass is 16.5. The normalized spacial score (nSPS) is 10.6. The lowest BCUT2D eigenvalue weighted by Crippen LogP contribution is -1.97. The fourth-order valence-corrected chi connectivity index (χ4v) is 2.18. The molecule has 0 aliphatic rings. The molecule has 94 valence electrons. The highest BCUT2D eigenvalue weighted by Gasteiger charge is 2.02. The van der Waals surface area contributed by atoms with E-state index >= 15 is 0 Å². The van der Waals surface area contributed by atoms with Crippen molar-refractivity contribution in [1.82, 2.24) is 4.98 Å². The number of aromatic nitrogens is 1. The van der Waals surface area contributed by atoms with Crippen LogP contribution in [-0.2, 0) is 6.61 Å². The van der Waals surface area contributed by atoms with Gasteiger partial charge in [0.15, 0.2) is 0 Å². The van der Waals surface area contributed by atoms with Crippen molar-refractivity contribution in [1.29, 1.82) is 0 Å². The first-order valence-electron chi connectivity index (χ1n) is 6.34. The summed E-state index contributed by atoms with van der Waals surface area (Å²) in [6.45, 7) is 2.58. The van der Waals surface area contributed by atoms with Crippen LogP contribution in [0.5, 0.6) is 5.75 Å². The first-order chi connectivity index (χ1) is 9.33. The molecule has 0 saturated carbocycles. The van der Waals surface area contributed by atoms with Gasteiger partial charge >= 0.3 is 0 Å². The third kappa shape index (κ3) is 2.58. The first kappa shape index (κ1) is 11.7. The molecule has 0 bridgehead atoms. The summed E-state index contributed by atoms with van der Waals surface area (Å²) in [5.74, 6) is 0.916. The van der Waals surface area contributed by atoms with Crippen molar-refractivity contribution in [3.05, 3.63) is 72.1 Å². The van der Waals surface area contributed by atoms with Crippen LogP contribution in [0.2, 0.25) is 0 Å². The molecule has 0 amide bonds. The van der Waals surface area contributed by atoms with Crippen LogP contribution in [0.25, 0.3) is 10.8 Å². The summed E-state index contributed by atoms with van der Waals surface area (Å²) in [6, 6.07) is 16.5. The lowest BCUT2D eigenvalue weighted by atomic mass is 10.1. The molecule has 3 aromatic rings. The van der Waals surface area contributed by atoms with Crippen LogP contribution in [0.1, 0.15) is 11.1 Å². The van der Waals surface area contributed by atoms with Crippen molar-refractivity contribution < 1.29 is 4.74 Å². The maximum atomic E-state index is 5.92. The van der Waals surface area contributed by atoms with Gasteiger partial charge in [0.05, 0.1) is 0 Å². The summed E-state index contributed by atoms with van der Waals surface area (Å²) in [4.78, 5) is 4.18. The van der Waals surface area contributed by atoms with Crippen molar-refractivity contribution >= 4 is 10.8 Å². The summed E-state index contributed by atoms with van der Waals surface area (Å²) in [5, 5.41) is 2.34. The van der Waals surface area contributed by atoms with Gasteiger partial charge < -0.3 is 4.74 Å². The molecule has 3 rings (SSSR count). The van der Waals surface area contributed by atoms with Gasteiger partial charge in [0.2, 0.25) is 0 Å².